The predicted molar refractivity (Wildman–Crippen MR) is 127 cm³/mol. The van der Waals surface area contributed by atoms with Gasteiger partial charge in [-0.15, -0.1) is 10.2 Å². The van der Waals surface area contributed by atoms with Gasteiger partial charge in [0.25, 0.3) is 5.89 Å². The smallest absolute Gasteiger partial charge is 0.311 e. The Morgan fingerprint density at radius 1 is 1.09 bits per heavy atom. The highest BCUT2D eigenvalue weighted by atomic mass is 32.2. The van der Waals surface area contributed by atoms with Gasteiger partial charge in [-0.05, 0) is 36.4 Å². The maximum absolute atomic E-state index is 12.7. The zero-order chi connectivity index (χ0) is 25.0. The summed E-state index contributed by atoms with van der Waals surface area (Å²) in [6, 6.07) is 15.3. The molecule has 0 saturated carbocycles. The Bertz CT molecular complexity index is 1290. The molecule has 1 aliphatic heterocycles. The molecule has 0 unspecified atom stereocenters. The van der Waals surface area contributed by atoms with Crippen molar-refractivity contribution >= 4 is 27.6 Å². The average molecular weight is 499 g/mol. The Morgan fingerprint density at radius 3 is 2.43 bits per heavy atom. The molecule has 1 atom stereocenters. The first-order valence-corrected chi connectivity index (χ1v) is 12.7. The molecule has 0 bridgehead atoms. The molecule has 2 aromatic carbocycles. The standard InChI is InChI=1S/C24H26N4O6S/c1-3-27(4-2)35(31,32)20-12-10-19(11-13-20)28-15-18(14-22(28)29)24(30)33-16-21-25-26-23(34-21)17-8-6-5-7-9-17/h5-13,18H,3-4,14-16H2,1-2H3/t18-/m0/s1. The minimum Gasteiger partial charge on any atom is -0.455 e. The molecule has 4 rings (SSSR count). The lowest BCUT2D eigenvalue weighted by Crippen LogP contribution is -2.30. The molecule has 1 aliphatic rings. The molecule has 1 aromatic heterocycles. The third-order valence-electron chi connectivity index (χ3n) is 5.78. The van der Waals surface area contributed by atoms with Gasteiger partial charge in [-0.1, -0.05) is 32.0 Å². The van der Waals surface area contributed by atoms with Crippen LogP contribution < -0.4 is 4.90 Å². The fourth-order valence-electron chi connectivity index (χ4n) is 3.89. The van der Waals surface area contributed by atoms with Crippen LogP contribution in [-0.4, -0.2) is 54.4 Å². The molecule has 35 heavy (non-hydrogen) atoms. The van der Waals surface area contributed by atoms with Crippen LogP contribution in [0.25, 0.3) is 11.5 Å². The highest BCUT2D eigenvalue weighted by Gasteiger charge is 2.36. The first-order chi connectivity index (χ1) is 16.8. The summed E-state index contributed by atoms with van der Waals surface area (Å²) in [5, 5.41) is 7.85. The van der Waals surface area contributed by atoms with Crippen LogP contribution in [0.2, 0.25) is 0 Å². The van der Waals surface area contributed by atoms with Crippen molar-refractivity contribution < 1.29 is 27.2 Å². The van der Waals surface area contributed by atoms with Crippen LogP contribution in [0, 0.1) is 5.92 Å². The second kappa shape index (κ2) is 10.4. The summed E-state index contributed by atoms with van der Waals surface area (Å²) < 4.78 is 37.6. The van der Waals surface area contributed by atoms with E-state index in [-0.39, 0.29) is 36.3 Å². The Hall–Kier alpha value is -3.57. The molecule has 184 valence electrons. The predicted octanol–water partition coefficient (Wildman–Crippen LogP) is 2.86. The van der Waals surface area contributed by atoms with Gasteiger partial charge in [-0.3, -0.25) is 9.59 Å². The summed E-state index contributed by atoms with van der Waals surface area (Å²) in [7, 11) is -3.59. The monoisotopic (exact) mass is 498 g/mol. The first kappa shape index (κ1) is 24.6. The number of hydrogen-bond acceptors (Lipinski definition) is 8. The fourth-order valence-corrected chi connectivity index (χ4v) is 5.34. The highest BCUT2D eigenvalue weighted by molar-refractivity contribution is 7.89. The van der Waals surface area contributed by atoms with Crippen LogP contribution in [-0.2, 0) is 31.0 Å². The van der Waals surface area contributed by atoms with E-state index < -0.39 is 21.9 Å². The minimum atomic E-state index is -3.59. The molecule has 3 aromatic rings. The molecule has 2 heterocycles. The molecule has 10 nitrogen and oxygen atoms in total. The number of amides is 1. The van der Waals surface area contributed by atoms with Crippen LogP contribution in [0.1, 0.15) is 26.2 Å². The lowest BCUT2D eigenvalue weighted by atomic mass is 10.1. The lowest BCUT2D eigenvalue weighted by Gasteiger charge is -2.20. The normalized spacial score (nSPS) is 16.1. The van der Waals surface area contributed by atoms with Gasteiger partial charge in [-0.2, -0.15) is 4.31 Å². The van der Waals surface area contributed by atoms with E-state index in [0.29, 0.717) is 24.7 Å². The number of anilines is 1. The van der Waals surface area contributed by atoms with E-state index >= 15 is 0 Å². The van der Waals surface area contributed by atoms with Crippen LogP contribution in [0.5, 0.6) is 0 Å². The second-order valence-electron chi connectivity index (χ2n) is 7.96. The summed E-state index contributed by atoms with van der Waals surface area (Å²) >= 11 is 0. The number of ether oxygens (including phenoxy) is 1. The van der Waals surface area contributed by atoms with E-state index in [1.165, 1.54) is 21.3 Å². The minimum absolute atomic E-state index is 0.00255. The van der Waals surface area contributed by atoms with Gasteiger partial charge in [0.2, 0.25) is 21.8 Å². The Morgan fingerprint density at radius 2 is 1.77 bits per heavy atom. The van der Waals surface area contributed by atoms with Crippen molar-refractivity contribution in [1.82, 2.24) is 14.5 Å². The number of aromatic nitrogens is 2. The molecule has 0 spiro atoms. The third kappa shape index (κ3) is 5.25. The van der Waals surface area contributed by atoms with Crippen LogP contribution in [0.15, 0.2) is 63.9 Å². The zero-order valence-corrected chi connectivity index (χ0v) is 20.3. The number of benzene rings is 2. The summed E-state index contributed by atoms with van der Waals surface area (Å²) in [6.07, 6.45) is -0.00255. The third-order valence-corrected chi connectivity index (χ3v) is 7.84. The number of carbonyl (C=O) groups excluding carboxylic acids is 2. The molecule has 0 radical (unpaired) electrons. The number of nitrogens with zero attached hydrogens (tertiary/aromatic N) is 4. The van der Waals surface area contributed by atoms with Crippen molar-refractivity contribution in [3.63, 3.8) is 0 Å². The number of rotatable bonds is 9. The number of hydrogen-bond donors (Lipinski definition) is 0. The van der Waals surface area contributed by atoms with Gasteiger partial charge >= 0.3 is 5.97 Å². The summed E-state index contributed by atoms with van der Waals surface area (Å²) in [5.74, 6) is -0.955. The molecule has 1 amide bonds. The number of esters is 1. The fraction of sp³-hybridized carbons (Fsp3) is 0.333. The van der Waals surface area contributed by atoms with Gasteiger partial charge in [0.15, 0.2) is 6.61 Å². The topological polar surface area (TPSA) is 123 Å². The van der Waals surface area contributed by atoms with Crippen molar-refractivity contribution in [2.75, 3.05) is 24.5 Å². The van der Waals surface area contributed by atoms with Crippen molar-refractivity contribution in [1.29, 1.82) is 0 Å². The summed E-state index contributed by atoms with van der Waals surface area (Å²) in [5.41, 5.74) is 1.28. The van der Waals surface area contributed by atoms with Gasteiger partial charge in [-0.25, -0.2) is 8.42 Å². The van der Waals surface area contributed by atoms with Crippen molar-refractivity contribution in [3.8, 4) is 11.5 Å². The van der Waals surface area contributed by atoms with E-state index in [4.69, 9.17) is 9.15 Å². The molecule has 1 saturated heterocycles. The van der Waals surface area contributed by atoms with Crippen LogP contribution in [0.4, 0.5) is 5.69 Å². The van der Waals surface area contributed by atoms with Crippen molar-refractivity contribution in [3.05, 3.63) is 60.5 Å². The summed E-state index contributed by atoms with van der Waals surface area (Å²) in [4.78, 5) is 26.7. The Balaban J connectivity index is 1.36. The van der Waals surface area contributed by atoms with Gasteiger partial charge in [0.05, 0.1) is 10.8 Å². The van der Waals surface area contributed by atoms with E-state index in [1.807, 2.05) is 30.3 Å². The zero-order valence-electron chi connectivity index (χ0n) is 19.5. The molecular weight excluding hydrogens is 472 g/mol. The van der Waals surface area contributed by atoms with E-state index in [1.54, 1.807) is 26.0 Å². The first-order valence-electron chi connectivity index (χ1n) is 11.3. The average Bonchev–Trinajstić information content (AvgIpc) is 3.51. The maximum Gasteiger partial charge on any atom is 0.311 e. The van der Waals surface area contributed by atoms with Gasteiger partial charge < -0.3 is 14.1 Å². The molecule has 0 N–H and O–H groups in total. The van der Waals surface area contributed by atoms with E-state index in [9.17, 15) is 18.0 Å². The van der Waals surface area contributed by atoms with Gasteiger partial charge in [0, 0.05) is 37.3 Å². The van der Waals surface area contributed by atoms with Crippen molar-refractivity contribution in [2.45, 2.75) is 31.8 Å². The largest absolute Gasteiger partial charge is 0.455 e. The van der Waals surface area contributed by atoms with Gasteiger partial charge in [0.1, 0.15) is 0 Å². The van der Waals surface area contributed by atoms with Crippen molar-refractivity contribution in [2.24, 2.45) is 5.92 Å². The Labute approximate surface area is 203 Å². The molecular formula is C24H26N4O6S. The Kier molecular flexibility index (Phi) is 7.27. The SMILES string of the molecule is CCN(CC)S(=O)(=O)c1ccc(N2C[C@@H](C(=O)OCc3nnc(-c4ccccc4)o3)CC2=O)cc1. The quantitative estimate of drug-likeness (QED) is 0.413. The highest BCUT2D eigenvalue weighted by Crippen LogP contribution is 2.28. The molecule has 11 heteroatoms. The van der Waals surface area contributed by atoms with E-state index in [0.717, 1.165) is 5.56 Å². The van der Waals surface area contributed by atoms with Crippen LogP contribution >= 0.6 is 0 Å². The molecule has 0 aliphatic carbocycles. The number of sulfonamides is 1. The van der Waals surface area contributed by atoms with E-state index in [2.05, 4.69) is 10.2 Å². The molecule has 1 fully saturated rings. The second-order valence-corrected chi connectivity index (χ2v) is 9.90. The summed E-state index contributed by atoms with van der Waals surface area (Å²) in [6.45, 7) is 4.23. The maximum atomic E-state index is 12.7. The lowest BCUT2D eigenvalue weighted by molar-refractivity contribution is -0.150. The number of carbonyl (C=O) groups is 2. The van der Waals surface area contributed by atoms with Crippen LogP contribution in [0.3, 0.4) is 0 Å².